The molecule has 0 spiro atoms. The van der Waals surface area contributed by atoms with E-state index in [1.165, 1.54) is 37.7 Å². The summed E-state index contributed by atoms with van der Waals surface area (Å²) >= 11 is 0. The van der Waals surface area contributed by atoms with Crippen molar-refractivity contribution in [2.45, 2.75) is 57.5 Å². The average molecular weight is 442 g/mol. The van der Waals surface area contributed by atoms with Crippen molar-refractivity contribution in [1.29, 1.82) is 0 Å². The molecule has 33 heavy (non-hydrogen) atoms. The number of anilines is 1. The third-order valence-electron chi connectivity index (χ3n) is 6.52. The van der Waals surface area contributed by atoms with Gasteiger partial charge in [-0.05, 0) is 61.6 Å². The number of benzene rings is 1. The standard InChI is InChI=1S/C27H31N5O/c1-33-23-13-10-20(11-14-23)19-32-25-16-18-29-27(30-22-8-3-2-4-9-22)26(25)24(31-32)15-12-21-7-5-6-17-28-21/h5-7,10-11,13-14,16-18,22H,2-4,8-9,12,15,19H2,1H3,(H,29,30). The summed E-state index contributed by atoms with van der Waals surface area (Å²) in [6, 6.07) is 16.9. The lowest BCUT2D eigenvalue weighted by Crippen LogP contribution is -2.23. The molecular weight excluding hydrogens is 410 g/mol. The zero-order chi connectivity index (χ0) is 22.5. The van der Waals surface area contributed by atoms with Crippen LogP contribution in [0.2, 0.25) is 0 Å². The lowest BCUT2D eigenvalue weighted by molar-refractivity contribution is 0.414. The lowest BCUT2D eigenvalue weighted by Gasteiger charge is -2.23. The highest BCUT2D eigenvalue weighted by Gasteiger charge is 2.19. The van der Waals surface area contributed by atoms with Gasteiger partial charge in [-0.25, -0.2) is 4.98 Å². The number of nitrogens with one attached hydrogen (secondary N) is 1. The molecular formula is C27H31N5O. The van der Waals surface area contributed by atoms with Crippen LogP contribution in [0.25, 0.3) is 10.9 Å². The lowest BCUT2D eigenvalue weighted by atomic mass is 9.95. The summed E-state index contributed by atoms with van der Waals surface area (Å²) in [5.41, 5.74) is 4.47. The van der Waals surface area contributed by atoms with Crippen molar-refractivity contribution in [3.05, 3.63) is 77.9 Å². The molecule has 3 aromatic heterocycles. The third kappa shape index (κ3) is 5.00. The highest BCUT2D eigenvalue weighted by atomic mass is 16.5. The van der Waals surface area contributed by atoms with E-state index >= 15 is 0 Å². The van der Waals surface area contributed by atoms with Crippen molar-refractivity contribution in [2.24, 2.45) is 0 Å². The minimum absolute atomic E-state index is 0.491. The summed E-state index contributed by atoms with van der Waals surface area (Å²) in [6.45, 7) is 0.705. The first kappa shape index (κ1) is 21.4. The minimum Gasteiger partial charge on any atom is -0.497 e. The number of hydrogen-bond acceptors (Lipinski definition) is 5. The summed E-state index contributed by atoms with van der Waals surface area (Å²) in [6.07, 6.45) is 11.8. The van der Waals surface area contributed by atoms with Gasteiger partial charge in [-0.15, -0.1) is 0 Å². The van der Waals surface area contributed by atoms with E-state index in [0.717, 1.165) is 46.7 Å². The molecule has 1 saturated carbocycles. The molecule has 6 nitrogen and oxygen atoms in total. The Morgan fingerprint density at radius 2 is 1.79 bits per heavy atom. The van der Waals surface area contributed by atoms with Crippen LogP contribution in [0.3, 0.4) is 0 Å². The van der Waals surface area contributed by atoms with E-state index in [0.29, 0.717) is 12.6 Å². The fourth-order valence-electron chi connectivity index (χ4n) is 4.74. The van der Waals surface area contributed by atoms with Gasteiger partial charge in [0.2, 0.25) is 0 Å². The van der Waals surface area contributed by atoms with Gasteiger partial charge in [0.05, 0.1) is 30.3 Å². The second-order valence-electron chi connectivity index (χ2n) is 8.81. The summed E-state index contributed by atoms with van der Waals surface area (Å²) in [4.78, 5) is 9.27. The van der Waals surface area contributed by atoms with Gasteiger partial charge in [0.1, 0.15) is 11.6 Å². The van der Waals surface area contributed by atoms with E-state index in [1.54, 1.807) is 7.11 Å². The van der Waals surface area contributed by atoms with Crippen molar-refractivity contribution in [1.82, 2.24) is 19.7 Å². The average Bonchev–Trinajstić information content (AvgIpc) is 3.23. The molecule has 1 N–H and O–H groups in total. The van der Waals surface area contributed by atoms with Crippen LogP contribution in [0, 0.1) is 0 Å². The van der Waals surface area contributed by atoms with E-state index < -0.39 is 0 Å². The van der Waals surface area contributed by atoms with Crippen molar-refractivity contribution in [2.75, 3.05) is 12.4 Å². The summed E-state index contributed by atoms with van der Waals surface area (Å²) in [7, 11) is 1.69. The number of methoxy groups -OCH3 is 1. The smallest absolute Gasteiger partial charge is 0.137 e. The maximum Gasteiger partial charge on any atom is 0.137 e. The highest BCUT2D eigenvalue weighted by molar-refractivity contribution is 5.92. The van der Waals surface area contributed by atoms with E-state index in [2.05, 4.69) is 39.2 Å². The van der Waals surface area contributed by atoms with Crippen LogP contribution < -0.4 is 10.1 Å². The number of rotatable bonds is 8. The first-order valence-electron chi connectivity index (χ1n) is 11.9. The first-order valence-corrected chi connectivity index (χ1v) is 11.9. The molecule has 0 amide bonds. The predicted octanol–water partition coefficient (Wildman–Crippen LogP) is 5.41. The minimum atomic E-state index is 0.491. The number of aryl methyl sites for hydroxylation is 2. The Bertz CT molecular complexity index is 1180. The van der Waals surface area contributed by atoms with E-state index in [9.17, 15) is 0 Å². The Labute approximate surface area is 195 Å². The van der Waals surface area contributed by atoms with E-state index in [1.807, 2.05) is 36.7 Å². The molecule has 170 valence electrons. The summed E-state index contributed by atoms with van der Waals surface area (Å²) in [5, 5.41) is 9.98. The molecule has 0 atom stereocenters. The molecule has 1 aliphatic carbocycles. The molecule has 0 saturated heterocycles. The van der Waals surface area contributed by atoms with Crippen molar-refractivity contribution < 1.29 is 4.74 Å². The molecule has 1 aliphatic rings. The summed E-state index contributed by atoms with van der Waals surface area (Å²) in [5.74, 6) is 1.83. The fraction of sp³-hybridized carbons (Fsp3) is 0.370. The molecule has 5 rings (SSSR count). The molecule has 6 heteroatoms. The van der Waals surface area contributed by atoms with Crippen molar-refractivity contribution in [3.8, 4) is 5.75 Å². The number of pyridine rings is 2. The van der Waals surface area contributed by atoms with E-state index in [-0.39, 0.29) is 0 Å². The largest absolute Gasteiger partial charge is 0.497 e. The van der Waals surface area contributed by atoms with Gasteiger partial charge in [0.15, 0.2) is 0 Å². The number of nitrogens with zero attached hydrogens (tertiary/aromatic N) is 4. The molecule has 3 heterocycles. The number of hydrogen-bond donors (Lipinski definition) is 1. The Hall–Kier alpha value is -3.41. The molecule has 0 bridgehead atoms. The second-order valence-corrected chi connectivity index (χ2v) is 8.81. The van der Waals surface area contributed by atoms with Crippen molar-refractivity contribution in [3.63, 3.8) is 0 Å². The van der Waals surface area contributed by atoms with Crippen molar-refractivity contribution >= 4 is 16.7 Å². The van der Waals surface area contributed by atoms with Crippen LogP contribution in [0.1, 0.15) is 49.1 Å². The monoisotopic (exact) mass is 441 g/mol. The number of fused-ring (bicyclic) bond motifs is 1. The van der Waals surface area contributed by atoms with Gasteiger partial charge < -0.3 is 10.1 Å². The zero-order valence-electron chi connectivity index (χ0n) is 19.2. The quantitative estimate of drug-likeness (QED) is 0.396. The topological polar surface area (TPSA) is 64.9 Å². The Kier molecular flexibility index (Phi) is 6.51. The van der Waals surface area contributed by atoms with Crippen LogP contribution in [-0.4, -0.2) is 32.9 Å². The van der Waals surface area contributed by atoms with Gasteiger partial charge in [0.25, 0.3) is 0 Å². The van der Waals surface area contributed by atoms with Gasteiger partial charge >= 0.3 is 0 Å². The van der Waals surface area contributed by atoms with Crippen LogP contribution in [0.4, 0.5) is 5.82 Å². The van der Waals surface area contributed by atoms with Gasteiger partial charge in [0, 0.05) is 24.1 Å². The normalized spacial score (nSPS) is 14.5. The highest BCUT2D eigenvalue weighted by Crippen LogP contribution is 2.29. The summed E-state index contributed by atoms with van der Waals surface area (Å²) < 4.78 is 7.42. The molecule has 1 aromatic carbocycles. The zero-order valence-corrected chi connectivity index (χ0v) is 19.2. The predicted molar refractivity (Wildman–Crippen MR) is 132 cm³/mol. The van der Waals surface area contributed by atoms with Crippen LogP contribution in [0.15, 0.2) is 60.9 Å². The van der Waals surface area contributed by atoms with Gasteiger partial charge in [-0.2, -0.15) is 5.10 Å². The molecule has 0 unspecified atom stereocenters. The van der Waals surface area contributed by atoms with Crippen LogP contribution in [-0.2, 0) is 19.4 Å². The SMILES string of the molecule is COc1ccc(Cn2nc(CCc3ccccn3)c3c(NC4CCCCC4)nccc32)cc1. The van der Waals surface area contributed by atoms with Crippen LogP contribution >= 0.6 is 0 Å². The van der Waals surface area contributed by atoms with Crippen LogP contribution in [0.5, 0.6) is 5.75 Å². The fourth-order valence-corrected chi connectivity index (χ4v) is 4.74. The Balaban J connectivity index is 1.48. The maximum absolute atomic E-state index is 5.31. The second kappa shape index (κ2) is 10.0. The number of aromatic nitrogens is 4. The maximum atomic E-state index is 5.31. The Morgan fingerprint density at radius 1 is 0.939 bits per heavy atom. The third-order valence-corrected chi connectivity index (χ3v) is 6.52. The molecule has 0 radical (unpaired) electrons. The van der Waals surface area contributed by atoms with E-state index in [4.69, 9.17) is 14.8 Å². The molecule has 1 fully saturated rings. The Morgan fingerprint density at radius 3 is 2.55 bits per heavy atom. The van der Waals surface area contributed by atoms with Gasteiger partial charge in [-0.3, -0.25) is 9.67 Å². The number of ether oxygens (including phenoxy) is 1. The molecule has 4 aromatic rings. The first-order chi connectivity index (χ1) is 16.3. The molecule has 0 aliphatic heterocycles. The van der Waals surface area contributed by atoms with Gasteiger partial charge in [-0.1, -0.05) is 37.5 Å².